The van der Waals surface area contributed by atoms with E-state index in [9.17, 15) is 14.0 Å². The fourth-order valence-electron chi connectivity index (χ4n) is 2.84. The van der Waals surface area contributed by atoms with Crippen LogP contribution in [0.25, 0.3) is 0 Å². The molecule has 2 aromatic carbocycles. The maximum Gasteiger partial charge on any atom is 0.260 e. The van der Waals surface area contributed by atoms with E-state index in [-0.39, 0.29) is 30.7 Å². The molecule has 1 heterocycles. The lowest BCUT2D eigenvalue weighted by molar-refractivity contribution is -0.135. The third kappa shape index (κ3) is 4.89. The van der Waals surface area contributed by atoms with Crippen molar-refractivity contribution < 1.29 is 18.7 Å². The molecule has 0 unspecified atom stereocenters. The zero-order chi connectivity index (χ0) is 18.4. The van der Waals surface area contributed by atoms with Crippen molar-refractivity contribution in [2.75, 3.05) is 39.3 Å². The molecule has 3 rings (SSSR count). The normalized spacial score (nSPS) is 14.9. The van der Waals surface area contributed by atoms with Gasteiger partial charge in [0.15, 0.2) is 12.4 Å². The average molecular weight is 356 g/mol. The molecule has 1 fully saturated rings. The summed E-state index contributed by atoms with van der Waals surface area (Å²) in [6, 6.07) is 14.8. The summed E-state index contributed by atoms with van der Waals surface area (Å²) in [5.74, 6) is 0.214. The van der Waals surface area contributed by atoms with Crippen molar-refractivity contribution in [2.24, 2.45) is 0 Å². The third-order valence-corrected chi connectivity index (χ3v) is 4.36. The van der Waals surface area contributed by atoms with Gasteiger partial charge in [0.2, 0.25) is 0 Å². The van der Waals surface area contributed by atoms with Crippen LogP contribution in [-0.2, 0) is 4.79 Å². The van der Waals surface area contributed by atoms with Crippen LogP contribution in [0.3, 0.4) is 0 Å². The molecule has 0 radical (unpaired) electrons. The Kier molecular flexibility index (Phi) is 5.96. The molecular formula is C20H21FN2O3. The van der Waals surface area contributed by atoms with Crippen LogP contribution in [0.1, 0.15) is 10.4 Å². The predicted octanol–water partition coefficient (Wildman–Crippen LogP) is 2.23. The van der Waals surface area contributed by atoms with E-state index in [0.29, 0.717) is 37.5 Å². The quantitative estimate of drug-likeness (QED) is 0.745. The number of Topliss-reactive ketones (excluding diaryl/α,β-unsaturated/α-hetero) is 1. The minimum atomic E-state index is -0.355. The number of amides is 1. The molecule has 5 nitrogen and oxygen atoms in total. The van der Waals surface area contributed by atoms with E-state index in [0.717, 1.165) is 0 Å². The van der Waals surface area contributed by atoms with E-state index in [1.165, 1.54) is 24.3 Å². The van der Waals surface area contributed by atoms with Gasteiger partial charge in [0.05, 0.1) is 6.54 Å². The standard InChI is InChI=1S/C20H21FN2O3/c21-17-8-6-16(7-9-17)19(24)14-22-10-12-23(13-11-22)20(25)15-26-18-4-2-1-3-5-18/h1-9H,10-15H2. The SMILES string of the molecule is O=C(CN1CCN(C(=O)COc2ccccc2)CC1)c1ccc(F)cc1. The predicted molar refractivity (Wildman–Crippen MR) is 95.7 cm³/mol. The number of carbonyl (C=O) groups is 2. The van der Waals surface area contributed by atoms with Crippen molar-refractivity contribution in [3.63, 3.8) is 0 Å². The zero-order valence-corrected chi connectivity index (χ0v) is 14.4. The van der Waals surface area contributed by atoms with Crippen LogP contribution < -0.4 is 4.74 Å². The summed E-state index contributed by atoms with van der Waals surface area (Å²) in [5, 5.41) is 0. The molecule has 136 valence electrons. The average Bonchev–Trinajstić information content (AvgIpc) is 2.68. The molecule has 0 saturated carbocycles. The molecule has 0 aliphatic carbocycles. The van der Waals surface area contributed by atoms with Gasteiger partial charge in [0.25, 0.3) is 5.91 Å². The zero-order valence-electron chi connectivity index (χ0n) is 14.4. The summed E-state index contributed by atoms with van der Waals surface area (Å²) >= 11 is 0. The van der Waals surface area contributed by atoms with Gasteiger partial charge in [0.1, 0.15) is 11.6 Å². The summed E-state index contributed by atoms with van der Waals surface area (Å²) in [6.45, 7) is 2.67. The fraction of sp³-hybridized carbons (Fsp3) is 0.300. The lowest BCUT2D eigenvalue weighted by Gasteiger charge is -2.34. The molecule has 1 aliphatic heterocycles. The second-order valence-corrected chi connectivity index (χ2v) is 6.19. The summed E-state index contributed by atoms with van der Waals surface area (Å²) in [4.78, 5) is 28.2. The van der Waals surface area contributed by atoms with Gasteiger partial charge in [-0.25, -0.2) is 4.39 Å². The van der Waals surface area contributed by atoms with Gasteiger partial charge in [-0.2, -0.15) is 0 Å². The number of carbonyl (C=O) groups excluding carboxylic acids is 2. The molecule has 0 atom stereocenters. The van der Waals surface area contributed by atoms with Crippen LogP contribution in [0, 0.1) is 5.82 Å². The van der Waals surface area contributed by atoms with E-state index in [1.54, 1.807) is 4.90 Å². The van der Waals surface area contributed by atoms with Gasteiger partial charge in [-0.05, 0) is 36.4 Å². The Morgan fingerprint density at radius 3 is 2.23 bits per heavy atom. The van der Waals surface area contributed by atoms with Crippen molar-refractivity contribution >= 4 is 11.7 Å². The minimum Gasteiger partial charge on any atom is -0.484 e. The highest BCUT2D eigenvalue weighted by Gasteiger charge is 2.23. The number of ether oxygens (including phenoxy) is 1. The first-order valence-electron chi connectivity index (χ1n) is 8.58. The number of piperazine rings is 1. The van der Waals surface area contributed by atoms with Gasteiger partial charge in [0, 0.05) is 31.7 Å². The van der Waals surface area contributed by atoms with Crippen LogP contribution >= 0.6 is 0 Å². The lowest BCUT2D eigenvalue weighted by Crippen LogP contribution is -2.51. The minimum absolute atomic E-state index is 0.0124. The number of halogens is 1. The summed E-state index contributed by atoms with van der Waals surface area (Å²) in [6.07, 6.45) is 0. The topological polar surface area (TPSA) is 49.9 Å². The van der Waals surface area contributed by atoms with E-state index in [4.69, 9.17) is 4.74 Å². The monoisotopic (exact) mass is 356 g/mol. The number of nitrogens with zero attached hydrogens (tertiary/aromatic N) is 2. The highest BCUT2D eigenvalue weighted by molar-refractivity contribution is 5.97. The van der Waals surface area contributed by atoms with Crippen molar-refractivity contribution in [1.82, 2.24) is 9.80 Å². The van der Waals surface area contributed by atoms with Gasteiger partial charge in [-0.1, -0.05) is 18.2 Å². The van der Waals surface area contributed by atoms with Crippen LogP contribution in [0.5, 0.6) is 5.75 Å². The lowest BCUT2D eigenvalue weighted by atomic mass is 10.1. The van der Waals surface area contributed by atoms with Crippen LogP contribution in [0.2, 0.25) is 0 Å². The molecule has 0 aromatic heterocycles. The summed E-state index contributed by atoms with van der Waals surface area (Å²) in [5.41, 5.74) is 0.501. The van der Waals surface area contributed by atoms with E-state index in [1.807, 2.05) is 35.2 Å². The molecule has 6 heteroatoms. The van der Waals surface area contributed by atoms with Gasteiger partial charge in [-0.3, -0.25) is 14.5 Å². The number of para-hydroxylation sites is 1. The van der Waals surface area contributed by atoms with Gasteiger partial charge < -0.3 is 9.64 Å². The highest BCUT2D eigenvalue weighted by atomic mass is 19.1. The number of benzene rings is 2. The van der Waals surface area contributed by atoms with Crippen molar-refractivity contribution in [3.05, 3.63) is 66.0 Å². The number of hydrogen-bond donors (Lipinski definition) is 0. The van der Waals surface area contributed by atoms with Crippen molar-refractivity contribution in [2.45, 2.75) is 0 Å². The Hall–Kier alpha value is -2.73. The maximum absolute atomic E-state index is 12.9. The fourth-order valence-corrected chi connectivity index (χ4v) is 2.84. The third-order valence-electron chi connectivity index (χ3n) is 4.36. The van der Waals surface area contributed by atoms with E-state index < -0.39 is 0 Å². The number of rotatable bonds is 6. The molecule has 1 aliphatic rings. The first kappa shape index (κ1) is 18.1. The Labute approximate surface area is 152 Å². The summed E-state index contributed by atoms with van der Waals surface area (Å²) < 4.78 is 18.4. The Bertz CT molecular complexity index is 741. The molecule has 1 saturated heterocycles. The van der Waals surface area contributed by atoms with Gasteiger partial charge in [-0.15, -0.1) is 0 Å². The Morgan fingerprint density at radius 2 is 1.58 bits per heavy atom. The second kappa shape index (κ2) is 8.58. The van der Waals surface area contributed by atoms with Crippen LogP contribution in [0.4, 0.5) is 4.39 Å². The maximum atomic E-state index is 12.9. The Morgan fingerprint density at radius 1 is 0.923 bits per heavy atom. The molecule has 0 bridgehead atoms. The molecule has 1 amide bonds. The van der Waals surface area contributed by atoms with Crippen molar-refractivity contribution in [3.8, 4) is 5.75 Å². The molecule has 26 heavy (non-hydrogen) atoms. The van der Waals surface area contributed by atoms with Crippen LogP contribution in [0.15, 0.2) is 54.6 Å². The number of hydrogen-bond acceptors (Lipinski definition) is 4. The summed E-state index contributed by atoms with van der Waals surface area (Å²) in [7, 11) is 0. The first-order chi connectivity index (χ1) is 12.6. The van der Waals surface area contributed by atoms with Crippen LogP contribution in [-0.4, -0.2) is 60.8 Å². The van der Waals surface area contributed by atoms with E-state index >= 15 is 0 Å². The second-order valence-electron chi connectivity index (χ2n) is 6.19. The molecular weight excluding hydrogens is 335 g/mol. The van der Waals surface area contributed by atoms with Gasteiger partial charge >= 0.3 is 0 Å². The smallest absolute Gasteiger partial charge is 0.260 e. The van der Waals surface area contributed by atoms with E-state index in [2.05, 4.69) is 0 Å². The first-order valence-corrected chi connectivity index (χ1v) is 8.58. The van der Waals surface area contributed by atoms with Crippen molar-refractivity contribution in [1.29, 1.82) is 0 Å². The Balaban J connectivity index is 1.42. The molecule has 0 N–H and O–H groups in total. The molecule has 0 spiro atoms. The highest BCUT2D eigenvalue weighted by Crippen LogP contribution is 2.10. The largest absolute Gasteiger partial charge is 0.484 e. The number of ketones is 1. The molecule has 2 aromatic rings.